The summed E-state index contributed by atoms with van der Waals surface area (Å²) in [5, 5.41) is 15.1. The van der Waals surface area contributed by atoms with Gasteiger partial charge in [-0.05, 0) is 54.1 Å². The molecule has 1 unspecified atom stereocenters. The Bertz CT molecular complexity index is 1430. The Labute approximate surface area is 199 Å². The fourth-order valence-electron chi connectivity index (χ4n) is 4.14. The van der Waals surface area contributed by atoms with Crippen molar-refractivity contribution in [3.63, 3.8) is 0 Å². The average Bonchev–Trinajstić information content (AvgIpc) is 3.52. The van der Waals surface area contributed by atoms with Crippen molar-refractivity contribution in [3.8, 4) is 17.0 Å². The predicted molar refractivity (Wildman–Crippen MR) is 126 cm³/mol. The number of methoxy groups -OCH3 is 1. The van der Waals surface area contributed by atoms with Crippen LogP contribution in [0.25, 0.3) is 17.0 Å². The van der Waals surface area contributed by atoms with E-state index in [2.05, 4.69) is 5.16 Å². The first-order chi connectivity index (χ1) is 17.0. The van der Waals surface area contributed by atoms with Gasteiger partial charge in [-0.3, -0.25) is 14.5 Å². The molecule has 1 N–H and O–H groups in total. The van der Waals surface area contributed by atoms with Crippen LogP contribution in [-0.2, 0) is 9.59 Å². The Hall–Kier alpha value is -4.72. The second-order valence-corrected chi connectivity index (χ2v) is 7.88. The number of hydrogen-bond donors (Lipinski definition) is 1. The smallest absolute Gasteiger partial charge is 0.300 e. The van der Waals surface area contributed by atoms with Gasteiger partial charge >= 0.3 is 0 Å². The van der Waals surface area contributed by atoms with Gasteiger partial charge in [-0.1, -0.05) is 29.4 Å². The second kappa shape index (κ2) is 8.90. The molecule has 0 aliphatic carbocycles. The van der Waals surface area contributed by atoms with Gasteiger partial charge in [0.1, 0.15) is 29.3 Å². The summed E-state index contributed by atoms with van der Waals surface area (Å²) in [5.41, 5.74) is 2.35. The number of anilines is 1. The topological polar surface area (TPSA) is 92.9 Å². The first kappa shape index (κ1) is 22.1. The molecule has 1 aromatic heterocycles. The fourth-order valence-corrected chi connectivity index (χ4v) is 4.14. The van der Waals surface area contributed by atoms with E-state index in [0.717, 1.165) is 0 Å². The fraction of sp³-hybridized carbons (Fsp3) is 0.0741. The molecule has 1 atom stereocenters. The zero-order valence-electron chi connectivity index (χ0n) is 18.5. The lowest BCUT2D eigenvalue weighted by Crippen LogP contribution is -2.29. The minimum absolute atomic E-state index is 0.0985. The lowest BCUT2D eigenvalue weighted by molar-refractivity contribution is -0.132. The number of ketones is 1. The maximum absolute atomic E-state index is 13.7. The molecule has 1 aliphatic rings. The molecule has 0 bridgehead atoms. The Balaban J connectivity index is 1.68. The van der Waals surface area contributed by atoms with Gasteiger partial charge in [0.05, 0.1) is 18.7 Å². The molecule has 3 aromatic carbocycles. The van der Waals surface area contributed by atoms with Crippen molar-refractivity contribution in [2.75, 3.05) is 12.0 Å². The number of carbonyl (C=O) groups excluding carboxylic acids is 2. The number of aliphatic hydroxyl groups excluding tert-OH is 1. The van der Waals surface area contributed by atoms with Gasteiger partial charge in [0.25, 0.3) is 11.7 Å². The molecule has 4 aromatic rings. The van der Waals surface area contributed by atoms with Crippen molar-refractivity contribution in [3.05, 3.63) is 108 Å². The molecule has 1 fully saturated rings. The average molecular weight is 470 g/mol. The highest BCUT2D eigenvalue weighted by Crippen LogP contribution is 2.43. The highest BCUT2D eigenvalue weighted by Gasteiger charge is 2.47. The van der Waals surface area contributed by atoms with Gasteiger partial charge in [0.2, 0.25) is 0 Å². The van der Waals surface area contributed by atoms with E-state index >= 15 is 0 Å². The van der Waals surface area contributed by atoms with Gasteiger partial charge in [-0.15, -0.1) is 0 Å². The van der Waals surface area contributed by atoms with E-state index < -0.39 is 23.5 Å². The zero-order valence-corrected chi connectivity index (χ0v) is 18.5. The highest BCUT2D eigenvalue weighted by molar-refractivity contribution is 6.51. The second-order valence-electron chi connectivity index (χ2n) is 7.88. The van der Waals surface area contributed by atoms with E-state index in [1.54, 1.807) is 54.6 Å². The zero-order chi connectivity index (χ0) is 24.5. The van der Waals surface area contributed by atoms with Crippen LogP contribution in [0, 0.1) is 5.82 Å². The number of aromatic nitrogens is 1. The third kappa shape index (κ3) is 3.95. The van der Waals surface area contributed by atoms with Gasteiger partial charge in [-0.25, -0.2) is 4.39 Å². The van der Waals surface area contributed by atoms with Crippen molar-refractivity contribution < 1.29 is 28.3 Å². The first-order valence-corrected chi connectivity index (χ1v) is 10.7. The normalized spacial score (nSPS) is 17.1. The molecule has 0 saturated carbocycles. The molecule has 1 aliphatic heterocycles. The molecule has 174 valence electrons. The van der Waals surface area contributed by atoms with Crippen LogP contribution < -0.4 is 9.64 Å². The van der Waals surface area contributed by atoms with Crippen LogP contribution in [-0.4, -0.2) is 29.1 Å². The van der Waals surface area contributed by atoms with Gasteiger partial charge in [-0.2, -0.15) is 0 Å². The summed E-state index contributed by atoms with van der Waals surface area (Å²) in [6, 6.07) is 19.5. The van der Waals surface area contributed by atoms with Gasteiger partial charge in [0.15, 0.2) is 0 Å². The Morgan fingerprint density at radius 2 is 1.77 bits per heavy atom. The van der Waals surface area contributed by atoms with Gasteiger partial charge in [0, 0.05) is 22.9 Å². The quantitative estimate of drug-likeness (QED) is 0.247. The summed E-state index contributed by atoms with van der Waals surface area (Å²) in [4.78, 5) is 27.9. The standard InChI is InChI=1S/C27H19FN2O5/c1-34-21-11-7-17(8-12-21)25(31)23-24(16-5-9-19(28)10-6-16)30(27(33)26(23)32)20-4-2-3-18(15-20)22-13-14-35-29-22/h2-15,24,31H,1H3/b25-23-. The van der Waals surface area contributed by atoms with E-state index in [0.29, 0.717) is 33.8 Å². The number of aliphatic hydroxyl groups is 1. The van der Waals surface area contributed by atoms with Crippen LogP contribution in [0.2, 0.25) is 0 Å². The highest BCUT2D eigenvalue weighted by atomic mass is 19.1. The lowest BCUT2D eigenvalue weighted by atomic mass is 9.95. The maximum Gasteiger partial charge on any atom is 0.300 e. The molecule has 1 amide bonds. The number of halogens is 1. The number of carbonyl (C=O) groups is 2. The molecule has 35 heavy (non-hydrogen) atoms. The minimum Gasteiger partial charge on any atom is -0.507 e. The number of nitrogens with zero attached hydrogens (tertiary/aromatic N) is 2. The minimum atomic E-state index is -0.981. The third-order valence-electron chi connectivity index (χ3n) is 5.85. The van der Waals surface area contributed by atoms with Crippen LogP contribution in [0.4, 0.5) is 10.1 Å². The number of benzene rings is 3. The molecule has 5 rings (SSSR count). The van der Waals surface area contributed by atoms with E-state index in [9.17, 15) is 19.1 Å². The van der Waals surface area contributed by atoms with Crippen molar-refractivity contribution in [1.82, 2.24) is 5.16 Å². The van der Waals surface area contributed by atoms with Crippen molar-refractivity contribution >= 4 is 23.1 Å². The Morgan fingerprint density at radius 1 is 1.03 bits per heavy atom. The van der Waals surface area contributed by atoms with Crippen LogP contribution in [0.15, 0.2) is 95.2 Å². The third-order valence-corrected chi connectivity index (χ3v) is 5.85. The molecule has 0 spiro atoms. The molecule has 7 nitrogen and oxygen atoms in total. The SMILES string of the molecule is COc1ccc(/C(O)=C2/C(=O)C(=O)N(c3cccc(-c4ccon4)c3)C2c2ccc(F)cc2)cc1. The van der Waals surface area contributed by atoms with Crippen LogP contribution in [0.3, 0.4) is 0 Å². The monoisotopic (exact) mass is 470 g/mol. The number of hydrogen-bond acceptors (Lipinski definition) is 6. The molecular formula is C27H19FN2O5. The molecule has 2 heterocycles. The van der Waals surface area contributed by atoms with Crippen molar-refractivity contribution in [2.24, 2.45) is 0 Å². The van der Waals surface area contributed by atoms with Crippen LogP contribution in [0.1, 0.15) is 17.2 Å². The summed E-state index contributed by atoms with van der Waals surface area (Å²) in [7, 11) is 1.52. The number of rotatable bonds is 5. The van der Waals surface area contributed by atoms with Crippen molar-refractivity contribution in [2.45, 2.75) is 6.04 Å². The molecular weight excluding hydrogens is 451 g/mol. The molecule has 0 radical (unpaired) electrons. The van der Waals surface area contributed by atoms with Crippen molar-refractivity contribution in [1.29, 1.82) is 0 Å². The van der Waals surface area contributed by atoms with Crippen LogP contribution in [0.5, 0.6) is 5.75 Å². The Kier molecular flexibility index (Phi) is 5.62. The number of ether oxygens (including phenoxy) is 1. The van der Waals surface area contributed by atoms with Gasteiger partial charge < -0.3 is 14.4 Å². The number of amides is 1. The summed E-state index contributed by atoms with van der Waals surface area (Å²) in [5.74, 6) is -1.89. The van der Waals surface area contributed by atoms with E-state index in [4.69, 9.17) is 9.26 Å². The summed E-state index contributed by atoms with van der Waals surface area (Å²) >= 11 is 0. The van der Waals surface area contributed by atoms with E-state index in [1.165, 1.54) is 42.5 Å². The first-order valence-electron chi connectivity index (χ1n) is 10.7. The lowest BCUT2D eigenvalue weighted by Gasteiger charge is -2.25. The van der Waals surface area contributed by atoms with E-state index in [1.807, 2.05) is 0 Å². The molecule has 1 saturated heterocycles. The Morgan fingerprint density at radius 3 is 2.43 bits per heavy atom. The summed E-state index contributed by atoms with van der Waals surface area (Å²) in [6.07, 6.45) is 1.43. The van der Waals surface area contributed by atoms with E-state index in [-0.39, 0.29) is 11.3 Å². The van der Waals surface area contributed by atoms with Crippen LogP contribution >= 0.6 is 0 Å². The number of Topliss-reactive ketones (excluding diaryl/α,β-unsaturated/α-hetero) is 1. The predicted octanol–water partition coefficient (Wildman–Crippen LogP) is 5.12. The summed E-state index contributed by atoms with van der Waals surface area (Å²) in [6.45, 7) is 0. The molecule has 8 heteroatoms. The summed E-state index contributed by atoms with van der Waals surface area (Å²) < 4.78 is 23.8. The maximum atomic E-state index is 13.7. The largest absolute Gasteiger partial charge is 0.507 e.